The Morgan fingerprint density at radius 1 is 1.23 bits per heavy atom. The van der Waals surface area contributed by atoms with Gasteiger partial charge in [0.05, 0.1) is 23.8 Å². The first-order valence-corrected chi connectivity index (χ1v) is 9.39. The maximum absolute atomic E-state index is 12.4. The Morgan fingerprint density at radius 3 is 2.58 bits per heavy atom. The Bertz CT molecular complexity index is 757. The molecule has 2 aromatic rings. The van der Waals surface area contributed by atoms with Crippen LogP contribution in [0.15, 0.2) is 24.8 Å². The van der Waals surface area contributed by atoms with Gasteiger partial charge in [0, 0.05) is 42.5 Å². The zero-order chi connectivity index (χ0) is 18.9. The van der Waals surface area contributed by atoms with Gasteiger partial charge < -0.3 is 4.90 Å². The fourth-order valence-corrected chi connectivity index (χ4v) is 3.32. The Kier molecular flexibility index (Phi) is 5.12. The van der Waals surface area contributed by atoms with Gasteiger partial charge in [0.25, 0.3) is 0 Å². The molecule has 1 aliphatic rings. The van der Waals surface area contributed by atoms with Gasteiger partial charge in [0.2, 0.25) is 5.91 Å². The van der Waals surface area contributed by atoms with Crippen molar-refractivity contribution in [2.45, 2.75) is 53.5 Å². The number of hydrogen-bond acceptors (Lipinski definition) is 4. The van der Waals surface area contributed by atoms with Crippen molar-refractivity contribution < 1.29 is 4.79 Å². The van der Waals surface area contributed by atoms with Crippen LogP contribution in [-0.4, -0.2) is 43.6 Å². The van der Waals surface area contributed by atoms with Crippen LogP contribution < -0.4 is 0 Å². The molecule has 0 aromatic carbocycles. The molecule has 1 amide bonds. The van der Waals surface area contributed by atoms with Crippen molar-refractivity contribution in [1.82, 2.24) is 24.6 Å². The van der Waals surface area contributed by atoms with Crippen molar-refractivity contribution in [2.24, 2.45) is 11.3 Å². The van der Waals surface area contributed by atoms with Gasteiger partial charge in [-0.15, -0.1) is 0 Å². The molecular weight excluding hydrogens is 326 g/mol. The molecular formula is C20H29N5O. The number of carbonyl (C=O) groups is 1. The quantitative estimate of drug-likeness (QED) is 0.843. The van der Waals surface area contributed by atoms with E-state index in [4.69, 9.17) is 0 Å². The van der Waals surface area contributed by atoms with E-state index in [1.54, 1.807) is 0 Å². The van der Waals surface area contributed by atoms with Crippen LogP contribution in [0.2, 0.25) is 0 Å². The molecule has 0 aliphatic carbocycles. The van der Waals surface area contributed by atoms with Crippen molar-refractivity contribution in [3.8, 4) is 11.3 Å². The lowest BCUT2D eigenvalue weighted by atomic mass is 9.95. The minimum Gasteiger partial charge on any atom is -0.342 e. The SMILES string of the molecule is CC(C)n1cc(-c2cnc(C[C@@H]3CCN(C(=O)C(C)(C)C)C3)cn2)cn1. The first kappa shape index (κ1) is 18.5. The van der Waals surface area contributed by atoms with E-state index < -0.39 is 0 Å². The fraction of sp³-hybridized carbons (Fsp3) is 0.600. The van der Waals surface area contributed by atoms with Gasteiger partial charge in [-0.2, -0.15) is 5.10 Å². The third-order valence-corrected chi connectivity index (χ3v) is 4.84. The summed E-state index contributed by atoms with van der Waals surface area (Å²) in [5.41, 5.74) is 2.51. The highest BCUT2D eigenvalue weighted by molar-refractivity contribution is 5.81. The number of likely N-dealkylation sites (tertiary alicyclic amines) is 1. The van der Waals surface area contributed by atoms with Gasteiger partial charge in [-0.3, -0.25) is 19.4 Å². The van der Waals surface area contributed by atoms with Gasteiger partial charge in [-0.05, 0) is 32.6 Å². The van der Waals surface area contributed by atoms with Gasteiger partial charge in [0.1, 0.15) is 0 Å². The first-order valence-electron chi connectivity index (χ1n) is 9.39. The van der Waals surface area contributed by atoms with Gasteiger partial charge in [-0.25, -0.2) is 0 Å². The van der Waals surface area contributed by atoms with Crippen LogP contribution in [0, 0.1) is 11.3 Å². The molecule has 0 spiro atoms. The van der Waals surface area contributed by atoms with E-state index >= 15 is 0 Å². The van der Waals surface area contributed by atoms with Crippen molar-refractivity contribution >= 4 is 5.91 Å². The standard InChI is InChI=1S/C20H29N5O/c1-14(2)25-13-16(9-23-25)18-11-21-17(10-22-18)8-15-6-7-24(12-15)19(26)20(3,4)5/h9-11,13-15H,6-8,12H2,1-5H3/t15-/m0/s1. The van der Waals surface area contributed by atoms with Gasteiger partial charge in [-0.1, -0.05) is 20.8 Å². The van der Waals surface area contributed by atoms with E-state index in [0.29, 0.717) is 12.0 Å². The third-order valence-electron chi connectivity index (χ3n) is 4.84. The maximum Gasteiger partial charge on any atom is 0.227 e. The second-order valence-electron chi connectivity index (χ2n) is 8.56. The third kappa shape index (κ3) is 4.11. The van der Waals surface area contributed by atoms with Crippen LogP contribution in [0.4, 0.5) is 0 Å². The number of rotatable bonds is 4. The highest BCUT2D eigenvalue weighted by atomic mass is 16.2. The predicted molar refractivity (Wildman–Crippen MR) is 101 cm³/mol. The smallest absolute Gasteiger partial charge is 0.227 e. The van der Waals surface area contributed by atoms with Crippen LogP contribution in [0.25, 0.3) is 11.3 Å². The molecule has 0 unspecified atom stereocenters. The van der Waals surface area contributed by atoms with Gasteiger partial charge >= 0.3 is 0 Å². The molecule has 1 atom stereocenters. The molecule has 140 valence electrons. The summed E-state index contributed by atoms with van der Waals surface area (Å²) in [5, 5.41) is 4.35. The second-order valence-corrected chi connectivity index (χ2v) is 8.56. The molecule has 1 fully saturated rings. The zero-order valence-electron chi connectivity index (χ0n) is 16.4. The number of hydrogen-bond donors (Lipinski definition) is 0. The number of nitrogens with zero attached hydrogens (tertiary/aromatic N) is 5. The van der Waals surface area contributed by atoms with E-state index in [0.717, 1.165) is 42.9 Å². The first-order chi connectivity index (χ1) is 12.2. The molecule has 1 aliphatic heterocycles. The molecule has 6 heteroatoms. The number of aromatic nitrogens is 4. The minimum atomic E-state index is -0.309. The fourth-order valence-electron chi connectivity index (χ4n) is 3.32. The summed E-state index contributed by atoms with van der Waals surface area (Å²) in [6.45, 7) is 11.8. The van der Waals surface area contributed by atoms with Crippen molar-refractivity contribution in [3.63, 3.8) is 0 Å². The topological polar surface area (TPSA) is 63.9 Å². The Labute approximate surface area is 155 Å². The van der Waals surface area contributed by atoms with Crippen LogP contribution >= 0.6 is 0 Å². The second kappa shape index (κ2) is 7.17. The predicted octanol–water partition coefficient (Wildman–Crippen LogP) is 3.36. The van der Waals surface area contributed by atoms with E-state index in [1.165, 1.54) is 0 Å². The molecule has 0 saturated carbocycles. The molecule has 26 heavy (non-hydrogen) atoms. The summed E-state index contributed by atoms with van der Waals surface area (Å²) in [5.74, 6) is 0.703. The molecule has 0 N–H and O–H groups in total. The highest BCUT2D eigenvalue weighted by Crippen LogP contribution is 2.26. The summed E-state index contributed by atoms with van der Waals surface area (Å²) < 4.78 is 1.92. The van der Waals surface area contributed by atoms with Crippen LogP contribution in [0.1, 0.15) is 52.8 Å². The van der Waals surface area contributed by atoms with Crippen molar-refractivity contribution in [1.29, 1.82) is 0 Å². The lowest BCUT2D eigenvalue weighted by Crippen LogP contribution is -2.38. The monoisotopic (exact) mass is 355 g/mol. The van der Waals surface area contributed by atoms with Crippen molar-refractivity contribution in [3.05, 3.63) is 30.5 Å². The van der Waals surface area contributed by atoms with Crippen LogP contribution in [-0.2, 0) is 11.2 Å². The Balaban J connectivity index is 1.60. The normalized spacial score (nSPS) is 17.9. The lowest BCUT2D eigenvalue weighted by Gasteiger charge is -2.25. The van der Waals surface area contributed by atoms with Gasteiger partial charge in [0.15, 0.2) is 0 Å². The average molecular weight is 355 g/mol. The van der Waals surface area contributed by atoms with E-state index in [1.807, 2.05) is 55.1 Å². The summed E-state index contributed by atoms with van der Waals surface area (Å²) in [6.07, 6.45) is 9.41. The van der Waals surface area contributed by atoms with E-state index in [2.05, 4.69) is 28.9 Å². The Hall–Kier alpha value is -2.24. The minimum absolute atomic E-state index is 0.239. The number of amides is 1. The molecule has 0 radical (unpaired) electrons. The zero-order valence-corrected chi connectivity index (χ0v) is 16.4. The molecule has 6 nitrogen and oxygen atoms in total. The van der Waals surface area contributed by atoms with E-state index in [-0.39, 0.29) is 11.3 Å². The number of carbonyl (C=O) groups excluding carboxylic acids is 1. The van der Waals surface area contributed by atoms with Crippen LogP contribution in [0.3, 0.4) is 0 Å². The molecule has 2 aromatic heterocycles. The molecule has 1 saturated heterocycles. The largest absolute Gasteiger partial charge is 0.342 e. The molecule has 0 bridgehead atoms. The molecule has 3 heterocycles. The summed E-state index contributed by atoms with van der Waals surface area (Å²) >= 11 is 0. The highest BCUT2D eigenvalue weighted by Gasteiger charge is 2.32. The maximum atomic E-state index is 12.4. The van der Waals surface area contributed by atoms with Crippen LogP contribution in [0.5, 0.6) is 0 Å². The lowest BCUT2D eigenvalue weighted by molar-refractivity contribution is -0.138. The summed E-state index contributed by atoms with van der Waals surface area (Å²) in [4.78, 5) is 23.5. The van der Waals surface area contributed by atoms with E-state index in [9.17, 15) is 4.79 Å². The average Bonchev–Trinajstić information content (AvgIpc) is 3.23. The Morgan fingerprint density at radius 2 is 2.00 bits per heavy atom. The van der Waals surface area contributed by atoms with Crippen molar-refractivity contribution in [2.75, 3.05) is 13.1 Å². The summed E-state index contributed by atoms with van der Waals surface area (Å²) in [7, 11) is 0. The molecule has 3 rings (SSSR count). The summed E-state index contributed by atoms with van der Waals surface area (Å²) in [6, 6.07) is 0.331.